The highest BCUT2D eigenvalue weighted by Gasteiger charge is 2.17. The molecular formula is C19H24O2. The highest BCUT2D eigenvalue weighted by atomic mass is 16.5. The van der Waals surface area contributed by atoms with Gasteiger partial charge in [-0.05, 0) is 29.2 Å². The van der Waals surface area contributed by atoms with Crippen molar-refractivity contribution in [2.75, 3.05) is 0 Å². The van der Waals surface area contributed by atoms with Crippen LogP contribution in [0, 0.1) is 5.92 Å². The lowest BCUT2D eigenvalue weighted by Gasteiger charge is -2.21. The van der Waals surface area contributed by atoms with Gasteiger partial charge in [0.05, 0.1) is 6.10 Å². The third kappa shape index (κ3) is 4.33. The average molecular weight is 284 g/mol. The monoisotopic (exact) mass is 284 g/mol. The molecule has 0 aliphatic rings. The lowest BCUT2D eigenvalue weighted by Crippen LogP contribution is -2.11. The van der Waals surface area contributed by atoms with Crippen LogP contribution in [0.25, 0.3) is 0 Å². The predicted octanol–water partition coefficient (Wildman–Crippen LogP) is 4.74. The topological polar surface area (TPSA) is 29.5 Å². The van der Waals surface area contributed by atoms with E-state index in [1.54, 1.807) is 0 Å². The van der Waals surface area contributed by atoms with E-state index in [9.17, 15) is 5.11 Å². The van der Waals surface area contributed by atoms with E-state index in [0.29, 0.717) is 12.5 Å². The van der Waals surface area contributed by atoms with Crippen molar-refractivity contribution in [2.24, 2.45) is 5.92 Å². The zero-order valence-electron chi connectivity index (χ0n) is 12.8. The molecule has 0 amide bonds. The van der Waals surface area contributed by atoms with Gasteiger partial charge in [0.15, 0.2) is 0 Å². The van der Waals surface area contributed by atoms with Gasteiger partial charge >= 0.3 is 0 Å². The highest BCUT2D eigenvalue weighted by Crippen LogP contribution is 2.29. The molecule has 2 rings (SSSR count). The zero-order valence-corrected chi connectivity index (χ0v) is 12.8. The third-order valence-corrected chi connectivity index (χ3v) is 3.94. The summed E-state index contributed by atoms with van der Waals surface area (Å²) < 4.78 is 5.82. The van der Waals surface area contributed by atoms with Gasteiger partial charge in [-0.15, -0.1) is 0 Å². The van der Waals surface area contributed by atoms with E-state index in [1.165, 1.54) is 0 Å². The Labute approximate surface area is 127 Å². The van der Waals surface area contributed by atoms with Crippen LogP contribution in [0.4, 0.5) is 0 Å². The molecule has 0 saturated heterocycles. The van der Waals surface area contributed by atoms with Gasteiger partial charge < -0.3 is 9.84 Å². The Morgan fingerprint density at radius 2 is 1.67 bits per heavy atom. The smallest absolute Gasteiger partial charge is 0.120 e. The van der Waals surface area contributed by atoms with E-state index in [1.807, 2.05) is 54.6 Å². The molecule has 0 saturated carbocycles. The van der Waals surface area contributed by atoms with Crippen molar-refractivity contribution in [3.05, 3.63) is 65.7 Å². The summed E-state index contributed by atoms with van der Waals surface area (Å²) in [7, 11) is 0. The van der Waals surface area contributed by atoms with Gasteiger partial charge in [0.1, 0.15) is 12.4 Å². The molecular weight excluding hydrogens is 260 g/mol. The van der Waals surface area contributed by atoms with E-state index in [2.05, 4.69) is 13.8 Å². The first-order chi connectivity index (χ1) is 10.2. The quantitative estimate of drug-likeness (QED) is 0.796. The van der Waals surface area contributed by atoms with Gasteiger partial charge in [0, 0.05) is 0 Å². The van der Waals surface area contributed by atoms with E-state index in [0.717, 1.165) is 29.7 Å². The fourth-order valence-corrected chi connectivity index (χ4v) is 2.54. The summed E-state index contributed by atoms with van der Waals surface area (Å²) in [4.78, 5) is 0. The second-order valence-electron chi connectivity index (χ2n) is 5.37. The van der Waals surface area contributed by atoms with Crippen LogP contribution < -0.4 is 4.74 Å². The molecule has 1 atom stereocenters. The number of benzene rings is 2. The summed E-state index contributed by atoms with van der Waals surface area (Å²) in [5.74, 6) is 1.11. The van der Waals surface area contributed by atoms with Gasteiger partial charge in [-0.1, -0.05) is 69.2 Å². The average Bonchev–Trinajstić information content (AvgIpc) is 2.55. The molecule has 0 radical (unpaired) electrons. The molecule has 0 spiro atoms. The Bertz CT molecular complexity index is 532. The van der Waals surface area contributed by atoms with Crippen LogP contribution in [0.2, 0.25) is 0 Å². The number of aliphatic hydroxyl groups is 1. The highest BCUT2D eigenvalue weighted by molar-refractivity contribution is 5.30. The Hall–Kier alpha value is -1.80. The lowest BCUT2D eigenvalue weighted by molar-refractivity contribution is 0.103. The minimum absolute atomic E-state index is 0.300. The summed E-state index contributed by atoms with van der Waals surface area (Å²) in [5.41, 5.74) is 2.08. The summed E-state index contributed by atoms with van der Waals surface area (Å²) in [5, 5.41) is 10.4. The predicted molar refractivity (Wildman–Crippen MR) is 86.2 cm³/mol. The van der Waals surface area contributed by atoms with Crippen LogP contribution >= 0.6 is 0 Å². The molecule has 0 aromatic heterocycles. The second-order valence-corrected chi connectivity index (χ2v) is 5.37. The first-order valence-corrected chi connectivity index (χ1v) is 7.69. The lowest BCUT2D eigenvalue weighted by atomic mass is 9.91. The Kier molecular flexibility index (Phi) is 5.82. The Morgan fingerprint density at radius 1 is 0.952 bits per heavy atom. The van der Waals surface area contributed by atoms with Gasteiger partial charge in [-0.2, -0.15) is 0 Å². The SMILES string of the molecule is CCC(CC)C(O)c1cccc(OCc2ccccc2)c1. The van der Waals surface area contributed by atoms with Gasteiger partial charge in [0.25, 0.3) is 0 Å². The normalized spacial score (nSPS) is 12.4. The molecule has 2 heteroatoms. The second kappa shape index (κ2) is 7.84. The molecule has 0 aliphatic heterocycles. The molecule has 0 heterocycles. The summed E-state index contributed by atoms with van der Waals surface area (Å²) >= 11 is 0. The van der Waals surface area contributed by atoms with Crippen molar-refractivity contribution in [3.63, 3.8) is 0 Å². The standard InChI is InChI=1S/C19H24O2/c1-3-16(4-2)19(20)17-11-8-12-18(13-17)21-14-15-9-6-5-7-10-15/h5-13,16,19-20H,3-4,14H2,1-2H3. The van der Waals surface area contributed by atoms with Crippen LogP contribution in [0.1, 0.15) is 43.9 Å². The van der Waals surface area contributed by atoms with Crippen molar-refractivity contribution in [3.8, 4) is 5.75 Å². The fraction of sp³-hybridized carbons (Fsp3) is 0.368. The van der Waals surface area contributed by atoms with Crippen molar-refractivity contribution >= 4 is 0 Å². The number of rotatable bonds is 7. The molecule has 2 nitrogen and oxygen atoms in total. The maximum atomic E-state index is 10.4. The van der Waals surface area contributed by atoms with Crippen molar-refractivity contribution in [2.45, 2.75) is 39.4 Å². The summed E-state index contributed by atoms with van der Waals surface area (Å²) in [6.45, 7) is 4.78. The van der Waals surface area contributed by atoms with Crippen molar-refractivity contribution in [1.82, 2.24) is 0 Å². The van der Waals surface area contributed by atoms with Crippen LogP contribution in [-0.2, 0) is 6.61 Å². The van der Waals surface area contributed by atoms with Crippen molar-refractivity contribution in [1.29, 1.82) is 0 Å². The molecule has 1 N–H and O–H groups in total. The summed E-state index contributed by atoms with van der Waals surface area (Å²) in [6.07, 6.45) is 1.54. The van der Waals surface area contributed by atoms with Crippen LogP contribution in [0.15, 0.2) is 54.6 Å². The van der Waals surface area contributed by atoms with Gasteiger partial charge in [-0.25, -0.2) is 0 Å². The molecule has 112 valence electrons. The van der Waals surface area contributed by atoms with Crippen LogP contribution in [-0.4, -0.2) is 5.11 Å². The number of ether oxygens (including phenoxy) is 1. The largest absolute Gasteiger partial charge is 0.489 e. The molecule has 0 fully saturated rings. The van der Waals surface area contributed by atoms with E-state index < -0.39 is 6.10 Å². The van der Waals surface area contributed by atoms with E-state index >= 15 is 0 Å². The van der Waals surface area contributed by atoms with Gasteiger partial charge in [-0.3, -0.25) is 0 Å². The minimum atomic E-state index is -0.416. The molecule has 21 heavy (non-hydrogen) atoms. The minimum Gasteiger partial charge on any atom is -0.489 e. The molecule has 0 aliphatic carbocycles. The van der Waals surface area contributed by atoms with Gasteiger partial charge in [0.2, 0.25) is 0 Å². The Balaban J connectivity index is 2.03. The number of hydrogen-bond acceptors (Lipinski definition) is 2. The maximum absolute atomic E-state index is 10.4. The number of aliphatic hydroxyl groups excluding tert-OH is 1. The van der Waals surface area contributed by atoms with Crippen LogP contribution in [0.5, 0.6) is 5.75 Å². The molecule has 2 aromatic rings. The van der Waals surface area contributed by atoms with Crippen molar-refractivity contribution < 1.29 is 9.84 Å². The van der Waals surface area contributed by atoms with E-state index in [-0.39, 0.29) is 0 Å². The zero-order chi connectivity index (χ0) is 15.1. The van der Waals surface area contributed by atoms with Crippen LogP contribution in [0.3, 0.4) is 0 Å². The number of hydrogen-bond donors (Lipinski definition) is 1. The van der Waals surface area contributed by atoms with E-state index in [4.69, 9.17) is 4.74 Å². The third-order valence-electron chi connectivity index (χ3n) is 3.94. The first-order valence-electron chi connectivity index (χ1n) is 7.69. The molecule has 1 unspecified atom stereocenters. The first kappa shape index (κ1) is 15.6. The maximum Gasteiger partial charge on any atom is 0.120 e. The molecule has 0 bridgehead atoms. The summed E-state index contributed by atoms with van der Waals surface area (Å²) in [6, 6.07) is 17.9. The molecule has 2 aromatic carbocycles. The fourth-order valence-electron chi connectivity index (χ4n) is 2.54. The Morgan fingerprint density at radius 3 is 2.33 bits per heavy atom.